The van der Waals surface area contributed by atoms with Crippen LogP contribution in [0.25, 0.3) is 0 Å². The Labute approximate surface area is 181 Å². The summed E-state index contributed by atoms with van der Waals surface area (Å²) < 4.78 is 55.0. The molecular weight excluding hydrogens is 422 g/mol. The number of halogens is 2. The van der Waals surface area contributed by atoms with Gasteiger partial charge in [0.15, 0.2) is 0 Å². The molecule has 0 spiro atoms. The van der Waals surface area contributed by atoms with Crippen LogP contribution in [0.3, 0.4) is 0 Å². The predicted molar refractivity (Wildman–Crippen MR) is 114 cm³/mol. The third-order valence-corrected chi connectivity index (χ3v) is 8.18. The standard InChI is InChI=1S/C23H26F2N2O3S/c1-15(2)16-3-5-19(6-4-16)31(29,30)26-10-7-17(8-11-26)23(28)27-12-9-20-21(25)13-18(24)14-22(20)27/h3-6,13-15,17H,7-12H2,1-2H3. The molecular formula is C23H26F2N2O3S. The molecule has 1 fully saturated rings. The van der Waals surface area contributed by atoms with Crippen LogP contribution in [0.5, 0.6) is 0 Å². The fourth-order valence-corrected chi connectivity index (χ4v) is 5.86. The fraction of sp³-hybridized carbons (Fsp3) is 0.435. The van der Waals surface area contributed by atoms with E-state index in [1.54, 1.807) is 12.1 Å². The minimum atomic E-state index is -3.62. The topological polar surface area (TPSA) is 57.7 Å². The summed E-state index contributed by atoms with van der Waals surface area (Å²) in [6.45, 7) is 4.89. The van der Waals surface area contributed by atoms with Crippen LogP contribution in [-0.4, -0.2) is 38.3 Å². The number of rotatable bonds is 4. The van der Waals surface area contributed by atoms with Gasteiger partial charge in [-0.1, -0.05) is 26.0 Å². The van der Waals surface area contributed by atoms with Crippen molar-refractivity contribution in [3.05, 3.63) is 59.2 Å². The number of carbonyl (C=O) groups excluding carboxylic acids is 1. The quantitative estimate of drug-likeness (QED) is 0.708. The number of nitrogens with zero attached hydrogens (tertiary/aromatic N) is 2. The summed E-state index contributed by atoms with van der Waals surface area (Å²) in [6, 6.07) is 8.96. The van der Waals surface area contributed by atoms with Crippen LogP contribution in [-0.2, 0) is 21.2 Å². The Hall–Kier alpha value is -2.32. The van der Waals surface area contributed by atoms with Gasteiger partial charge in [-0.05, 0) is 48.9 Å². The lowest BCUT2D eigenvalue weighted by Crippen LogP contribution is -2.44. The van der Waals surface area contributed by atoms with E-state index >= 15 is 0 Å². The fourth-order valence-electron chi connectivity index (χ4n) is 4.39. The van der Waals surface area contributed by atoms with E-state index in [0.717, 1.165) is 11.6 Å². The number of carbonyl (C=O) groups is 1. The molecule has 0 bridgehead atoms. The molecule has 8 heteroatoms. The summed E-state index contributed by atoms with van der Waals surface area (Å²) >= 11 is 0. The van der Waals surface area contributed by atoms with E-state index in [2.05, 4.69) is 0 Å². The predicted octanol–water partition coefficient (Wildman–Crippen LogP) is 4.08. The van der Waals surface area contributed by atoms with Crippen LogP contribution in [0.1, 0.15) is 43.7 Å². The van der Waals surface area contributed by atoms with Crippen LogP contribution in [0.2, 0.25) is 0 Å². The molecule has 2 aliphatic heterocycles. The largest absolute Gasteiger partial charge is 0.311 e. The Morgan fingerprint density at radius 1 is 1.03 bits per heavy atom. The number of fused-ring (bicyclic) bond motifs is 1. The molecule has 2 aromatic carbocycles. The number of amides is 1. The highest BCUT2D eigenvalue weighted by molar-refractivity contribution is 7.89. The summed E-state index contributed by atoms with van der Waals surface area (Å²) in [5.74, 6) is -1.58. The van der Waals surface area contributed by atoms with E-state index in [0.29, 0.717) is 43.0 Å². The van der Waals surface area contributed by atoms with Crippen LogP contribution < -0.4 is 4.90 Å². The SMILES string of the molecule is CC(C)c1ccc(S(=O)(=O)N2CCC(C(=O)N3CCc4c(F)cc(F)cc43)CC2)cc1. The zero-order valence-corrected chi connectivity index (χ0v) is 18.5. The smallest absolute Gasteiger partial charge is 0.243 e. The third kappa shape index (κ3) is 4.11. The summed E-state index contributed by atoms with van der Waals surface area (Å²) in [7, 11) is -3.62. The molecule has 0 atom stereocenters. The Morgan fingerprint density at radius 2 is 1.68 bits per heavy atom. The number of benzene rings is 2. The molecule has 1 amide bonds. The molecule has 1 saturated heterocycles. The first kappa shape index (κ1) is 21.9. The molecule has 166 valence electrons. The van der Waals surface area contributed by atoms with Crippen molar-refractivity contribution in [2.45, 2.75) is 43.9 Å². The first-order valence-corrected chi connectivity index (χ1v) is 12.0. The zero-order valence-electron chi connectivity index (χ0n) is 17.6. The van der Waals surface area contributed by atoms with Gasteiger partial charge in [-0.2, -0.15) is 4.31 Å². The van der Waals surface area contributed by atoms with Gasteiger partial charge in [-0.25, -0.2) is 17.2 Å². The maximum atomic E-state index is 14.0. The Kier molecular flexibility index (Phi) is 5.87. The molecule has 31 heavy (non-hydrogen) atoms. The third-order valence-electron chi connectivity index (χ3n) is 6.27. The number of hydrogen-bond acceptors (Lipinski definition) is 3. The average Bonchev–Trinajstić information content (AvgIpc) is 3.17. The second kappa shape index (κ2) is 8.31. The molecule has 5 nitrogen and oxygen atoms in total. The first-order chi connectivity index (χ1) is 14.7. The minimum Gasteiger partial charge on any atom is -0.311 e. The van der Waals surface area contributed by atoms with Crippen molar-refractivity contribution >= 4 is 21.6 Å². The molecule has 4 rings (SSSR count). The maximum absolute atomic E-state index is 14.0. The highest BCUT2D eigenvalue weighted by atomic mass is 32.2. The van der Waals surface area contributed by atoms with Crippen molar-refractivity contribution in [2.24, 2.45) is 5.92 Å². The summed E-state index contributed by atoms with van der Waals surface area (Å²) in [6.07, 6.45) is 1.12. The van der Waals surface area contributed by atoms with Gasteiger partial charge in [0.2, 0.25) is 15.9 Å². The van der Waals surface area contributed by atoms with Gasteiger partial charge in [-0.15, -0.1) is 0 Å². The second-order valence-electron chi connectivity index (χ2n) is 8.53. The molecule has 0 unspecified atom stereocenters. The summed E-state index contributed by atoms with van der Waals surface area (Å²) in [5.41, 5.74) is 1.73. The van der Waals surface area contributed by atoms with Gasteiger partial charge in [0, 0.05) is 37.2 Å². The van der Waals surface area contributed by atoms with Crippen molar-refractivity contribution < 1.29 is 22.0 Å². The van der Waals surface area contributed by atoms with Crippen molar-refractivity contribution in [2.75, 3.05) is 24.5 Å². The number of hydrogen-bond donors (Lipinski definition) is 0. The Balaban J connectivity index is 1.44. The van der Waals surface area contributed by atoms with E-state index in [1.807, 2.05) is 26.0 Å². The van der Waals surface area contributed by atoms with Crippen LogP contribution >= 0.6 is 0 Å². The molecule has 0 radical (unpaired) electrons. The summed E-state index contributed by atoms with van der Waals surface area (Å²) in [4.78, 5) is 14.7. The molecule has 0 saturated carbocycles. The molecule has 0 aromatic heterocycles. The van der Waals surface area contributed by atoms with Gasteiger partial charge in [0.25, 0.3) is 0 Å². The van der Waals surface area contributed by atoms with E-state index in [4.69, 9.17) is 0 Å². The molecule has 2 aromatic rings. The lowest BCUT2D eigenvalue weighted by Gasteiger charge is -2.32. The molecule has 0 N–H and O–H groups in total. The maximum Gasteiger partial charge on any atom is 0.243 e. The lowest BCUT2D eigenvalue weighted by molar-refractivity contribution is -0.123. The summed E-state index contributed by atoms with van der Waals surface area (Å²) in [5, 5.41) is 0. The van der Waals surface area contributed by atoms with Gasteiger partial charge < -0.3 is 4.90 Å². The lowest BCUT2D eigenvalue weighted by atomic mass is 9.96. The van der Waals surface area contributed by atoms with Crippen molar-refractivity contribution in [3.8, 4) is 0 Å². The van der Waals surface area contributed by atoms with E-state index < -0.39 is 21.7 Å². The molecule has 2 heterocycles. The molecule has 0 aliphatic carbocycles. The Bertz CT molecular complexity index is 1090. The van der Waals surface area contributed by atoms with Crippen LogP contribution in [0.4, 0.5) is 14.5 Å². The Morgan fingerprint density at radius 3 is 2.29 bits per heavy atom. The monoisotopic (exact) mass is 448 g/mol. The van der Waals surface area contributed by atoms with Crippen molar-refractivity contribution in [1.29, 1.82) is 0 Å². The van der Waals surface area contributed by atoms with Gasteiger partial charge in [-0.3, -0.25) is 4.79 Å². The van der Waals surface area contributed by atoms with Gasteiger partial charge in [0.1, 0.15) is 11.6 Å². The average molecular weight is 449 g/mol. The van der Waals surface area contributed by atoms with E-state index in [-0.39, 0.29) is 29.8 Å². The highest BCUT2D eigenvalue weighted by Crippen LogP contribution is 2.34. The van der Waals surface area contributed by atoms with Crippen LogP contribution in [0.15, 0.2) is 41.3 Å². The van der Waals surface area contributed by atoms with E-state index in [9.17, 15) is 22.0 Å². The number of anilines is 1. The van der Waals surface area contributed by atoms with Crippen molar-refractivity contribution in [1.82, 2.24) is 4.31 Å². The first-order valence-electron chi connectivity index (χ1n) is 10.6. The second-order valence-corrected chi connectivity index (χ2v) is 10.5. The molecule has 2 aliphatic rings. The highest BCUT2D eigenvalue weighted by Gasteiger charge is 2.36. The minimum absolute atomic E-state index is 0.193. The number of piperidine rings is 1. The van der Waals surface area contributed by atoms with Crippen molar-refractivity contribution in [3.63, 3.8) is 0 Å². The van der Waals surface area contributed by atoms with E-state index in [1.165, 1.54) is 15.3 Å². The normalized spacial score (nSPS) is 17.9. The zero-order chi connectivity index (χ0) is 22.3. The van der Waals surface area contributed by atoms with Gasteiger partial charge >= 0.3 is 0 Å². The number of sulfonamides is 1. The van der Waals surface area contributed by atoms with Gasteiger partial charge in [0.05, 0.1) is 10.6 Å². The van der Waals surface area contributed by atoms with Crippen LogP contribution in [0, 0.1) is 17.6 Å².